The van der Waals surface area contributed by atoms with Gasteiger partial charge >= 0.3 is 0 Å². The maximum absolute atomic E-state index is 14.1. The normalized spacial score (nSPS) is 10.6. The van der Waals surface area contributed by atoms with Gasteiger partial charge in [-0.1, -0.05) is 24.3 Å². The summed E-state index contributed by atoms with van der Waals surface area (Å²) >= 11 is 0. The largest absolute Gasteiger partial charge is 0.496 e. The van der Waals surface area contributed by atoms with Gasteiger partial charge in [0.05, 0.1) is 25.3 Å². The summed E-state index contributed by atoms with van der Waals surface area (Å²) in [6, 6.07) is 14.0. The molecular formula is C18H19FN2O2. The SMILES string of the molecule is COc1ccccc1CN(CCO)Cc1ccc(C#N)cc1F. The molecule has 0 bridgehead atoms. The molecular weight excluding hydrogens is 295 g/mol. The van der Waals surface area contributed by atoms with Crippen LogP contribution >= 0.6 is 0 Å². The molecule has 0 spiro atoms. The van der Waals surface area contributed by atoms with Crippen molar-refractivity contribution < 1.29 is 14.2 Å². The lowest BCUT2D eigenvalue weighted by Gasteiger charge is -2.23. The molecule has 0 aromatic heterocycles. The molecule has 0 unspecified atom stereocenters. The summed E-state index contributed by atoms with van der Waals surface area (Å²) < 4.78 is 19.4. The third-order valence-corrected chi connectivity index (χ3v) is 3.58. The Morgan fingerprint density at radius 3 is 2.57 bits per heavy atom. The second kappa shape index (κ2) is 8.28. The molecule has 23 heavy (non-hydrogen) atoms. The number of methoxy groups -OCH3 is 1. The van der Waals surface area contributed by atoms with Crippen molar-refractivity contribution in [3.8, 4) is 11.8 Å². The Morgan fingerprint density at radius 1 is 1.17 bits per heavy atom. The van der Waals surface area contributed by atoms with Crippen molar-refractivity contribution in [3.63, 3.8) is 0 Å². The number of para-hydroxylation sites is 1. The number of benzene rings is 2. The van der Waals surface area contributed by atoms with Crippen molar-refractivity contribution in [1.29, 1.82) is 5.26 Å². The van der Waals surface area contributed by atoms with E-state index in [0.29, 0.717) is 30.8 Å². The predicted molar refractivity (Wildman–Crippen MR) is 85.3 cm³/mol. The molecule has 2 aromatic rings. The first kappa shape index (κ1) is 16.9. The minimum Gasteiger partial charge on any atom is -0.496 e. The number of aliphatic hydroxyl groups is 1. The van der Waals surface area contributed by atoms with E-state index in [1.807, 2.05) is 35.2 Å². The molecule has 0 saturated heterocycles. The molecule has 0 aliphatic heterocycles. The second-order valence-corrected chi connectivity index (χ2v) is 5.16. The lowest BCUT2D eigenvalue weighted by atomic mass is 10.1. The van der Waals surface area contributed by atoms with Crippen molar-refractivity contribution in [2.45, 2.75) is 13.1 Å². The highest BCUT2D eigenvalue weighted by Gasteiger charge is 2.12. The summed E-state index contributed by atoms with van der Waals surface area (Å²) in [6.07, 6.45) is 0. The fourth-order valence-corrected chi connectivity index (χ4v) is 2.42. The Kier molecular flexibility index (Phi) is 6.10. The van der Waals surface area contributed by atoms with E-state index >= 15 is 0 Å². The maximum Gasteiger partial charge on any atom is 0.129 e. The molecule has 0 radical (unpaired) electrons. The van der Waals surface area contributed by atoms with Crippen LogP contribution in [-0.4, -0.2) is 30.3 Å². The highest BCUT2D eigenvalue weighted by molar-refractivity contribution is 5.34. The zero-order chi connectivity index (χ0) is 16.7. The van der Waals surface area contributed by atoms with Gasteiger partial charge in [-0.25, -0.2) is 4.39 Å². The van der Waals surface area contributed by atoms with E-state index in [-0.39, 0.29) is 6.61 Å². The van der Waals surface area contributed by atoms with Crippen LogP contribution in [0, 0.1) is 17.1 Å². The number of hydrogen-bond acceptors (Lipinski definition) is 4. The van der Waals surface area contributed by atoms with Gasteiger partial charge in [0, 0.05) is 30.8 Å². The quantitative estimate of drug-likeness (QED) is 0.854. The van der Waals surface area contributed by atoms with E-state index in [0.717, 1.165) is 11.3 Å². The molecule has 0 aliphatic carbocycles. The minimum absolute atomic E-state index is 0.0208. The molecule has 0 fully saturated rings. The van der Waals surface area contributed by atoms with Crippen LogP contribution in [0.1, 0.15) is 16.7 Å². The van der Waals surface area contributed by atoms with Gasteiger partial charge in [-0.15, -0.1) is 0 Å². The fraction of sp³-hybridized carbons (Fsp3) is 0.278. The van der Waals surface area contributed by atoms with Crippen LogP contribution in [0.5, 0.6) is 5.75 Å². The van der Waals surface area contributed by atoms with Crippen molar-refractivity contribution in [1.82, 2.24) is 4.90 Å². The fourth-order valence-electron chi connectivity index (χ4n) is 2.42. The molecule has 5 heteroatoms. The zero-order valence-electron chi connectivity index (χ0n) is 13.0. The van der Waals surface area contributed by atoms with Crippen LogP contribution in [0.4, 0.5) is 4.39 Å². The van der Waals surface area contributed by atoms with Gasteiger partial charge < -0.3 is 9.84 Å². The summed E-state index contributed by atoms with van der Waals surface area (Å²) in [4.78, 5) is 1.93. The predicted octanol–water partition coefficient (Wildman–Crippen LogP) is 2.70. The van der Waals surface area contributed by atoms with Crippen molar-refractivity contribution in [3.05, 3.63) is 65.0 Å². The molecule has 2 rings (SSSR count). The lowest BCUT2D eigenvalue weighted by molar-refractivity contribution is 0.181. The Bertz CT molecular complexity index is 698. The number of aliphatic hydroxyl groups excluding tert-OH is 1. The second-order valence-electron chi connectivity index (χ2n) is 5.16. The van der Waals surface area contributed by atoms with Gasteiger partial charge in [-0.3, -0.25) is 4.90 Å². The van der Waals surface area contributed by atoms with E-state index in [1.54, 1.807) is 19.2 Å². The number of rotatable bonds is 7. The molecule has 120 valence electrons. The van der Waals surface area contributed by atoms with Gasteiger partial charge in [0.15, 0.2) is 0 Å². The van der Waals surface area contributed by atoms with E-state index in [1.165, 1.54) is 6.07 Å². The Hall–Kier alpha value is -2.42. The Balaban J connectivity index is 2.17. The van der Waals surface area contributed by atoms with E-state index in [4.69, 9.17) is 10.00 Å². The average molecular weight is 314 g/mol. The standard InChI is InChI=1S/C18H19FN2O2/c1-23-18-5-3-2-4-16(18)13-21(8-9-22)12-15-7-6-14(11-20)10-17(15)19/h2-7,10,22H,8-9,12-13H2,1H3. The van der Waals surface area contributed by atoms with Crippen LogP contribution in [0.2, 0.25) is 0 Å². The molecule has 4 nitrogen and oxygen atoms in total. The number of nitriles is 1. The zero-order valence-corrected chi connectivity index (χ0v) is 13.0. The van der Waals surface area contributed by atoms with Crippen LogP contribution < -0.4 is 4.74 Å². The summed E-state index contributed by atoms with van der Waals surface area (Å²) in [5, 5.41) is 18.1. The van der Waals surface area contributed by atoms with Gasteiger partial charge in [0.25, 0.3) is 0 Å². The van der Waals surface area contributed by atoms with E-state index in [9.17, 15) is 9.50 Å². The lowest BCUT2D eigenvalue weighted by Crippen LogP contribution is -2.26. The number of halogens is 1. The monoisotopic (exact) mass is 314 g/mol. The summed E-state index contributed by atoms with van der Waals surface area (Å²) in [6.45, 7) is 1.27. The molecule has 0 atom stereocenters. The average Bonchev–Trinajstić information content (AvgIpc) is 2.57. The number of nitrogens with zero attached hydrogens (tertiary/aromatic N) is 2. The first-order valence-corrected chi connectivity index (χ1v) is 7.31. The first-order valence-electron chi connectivity index (χ1n) is 7.31. The molecule has 0 aliphatic rings. The smallest absolute Gasteiger partial charge is 0.129 e. The molecule has 2 aromatic carbocycles. The summed E-state index contributed by atoms with van der Waals surface area (Å²) in [7, 11) is 1.61. The van der Waals surface area contributed by atoms with Crippen molar-refractivity contribution >= 4 is 0 Å². The van der Waals surface area contributed by atoms with Gasteiger partial charge in [-0.2, -0.15) is 5.26 Å². The van der Waals surface area contributed by atoms with Gasteiger partial charge in [0.1, 0.15) is 11.6 Å². The summed E-state index contributed by atoms with van der Waals surface area (Å²) in [5.74, 6) is 0.350. The third-order valence-electron chi connectivity index (χ3n) is 3.58. The minimum atomic E-state index is -0.410. The Labute approximate surface area is 135 Å². The molecule has 0 saturated carbocycles. The van der Waals surface area contributed by atoms with E-state index < -0.39 is 5.82 Å². The van der Waals surface area contributed by atoms with Gasteiger partial charge in [-0.05, 0) is 18.2 Å². The number of ether oxygens (including phenoxy) is 1. The highest BCUT2D eigenvalue weighted by atomic mass is 19.1. The van der Waals surface area contributed by atoms with Crippen LogP contribution in [0.25, 0.3) is 0 Å². The Morgan fingerprint density at radius 2 is 1.91 bits per heavy atom. The topological polar surface area (TPSA) is 56.5 Å². The van der Waals surface area contributed by atoms with Crippen LogP contribution in [0.15, 0.2) is 42.5 Å². The number of hydrogen-bond donors (Lipinski definition) is 1. The van der Waals surface area contributed by atoms with Crippen molar-refractivity contribution in [2.24, 2.45) is 0 Å². The molecule has 0 amide bonds. The van der Waals surface area contributed by atoms with E-state index in [2.05, 4.69) is 0 Å². The van der Waals surface area contributed by atoms with Crippen LogP contribution in [0.3, 0.4) is 0 Å². The first-order chi connectivity index (χ1) is 11.2. The van der Waals surface area contributed by atoms with Crippen LogP contribution in [-0.2, 0) is 13.1 Å². The molecule has 0 heterocycles. The van der Waals surface area contributed by atoms with Gasteiger partial charge in [0.2, 0.25) is 0 Å². The summed E-state index contributed by atoms with van der Waals surface area (Å²) in [5.41, 5.74) is 1.76. The van der Waals surface area contributed by atoms with Crippen molar-refractivity contribution in [2.75, 3.05) is 20.3 Å². The highest BCUT2D eigenvalue weighted by Crippen LogP contribution is 2.21. The molecule has 1 N–H and O–H groups in total. The maximum atomic E-state index is 14.1. The third kappa shape index (κ3) is 4.52.